The highest BCUT2D eigenvalue weighted by molar-refractivity contribution is 6.30. The van der Waals surface area contributed by atoms with Crippen LogP contribution in [0, 0.1) is 0 Å². The maximum atomic E-state index is 11.0. The molecule has 0 unspecified atom stereocenters. The van der Waals surface area contributed by atoms with Crippen molar-refractivity contribution in [3.05, 3.63) is 40.4 Å². The van der Waals surface area contributed by atoms with Crippen LogP contribution >= 0.6 is 11.6 Å². The van der Waals surface area contributed by atoms with E-state index in [0.717, 1.165) is 22.6 Å². The summed E-state index contributed by atoms with van der Waals surface area (Å²) in [7, 11) is 0. The zero-order valence-electron chi connectivity index (χ0n) is 7.09. The van der Waals surface area contributed by atoms with Gasteiger partial charge < -0.3 is 0 Å². The number of allylic oxidation sites excluding steroid dienone is 1. The average molecular weight is 193 g/mol. The van der Waals surface area contributed by atoms with E-state index in [1.165, 1.54) is 0 Å². The first-order chi connectivity index (χ1) is 6.25. The monoisotopic (exact) mass is 192 g/mol. The largest absolute Gasteiger partial charge is 0.295 e. The van der Waals surface area contributed by atoms with Crippen molar-refractivity contribution in [2.45, 2.75) is 12.8 Å². The van der Waals surface area contributed by atoms with Crippen LogP contribution in [0.15, 0.2) is 29.8 Å². The lowest BCUT2D eigenvalue weighted by Crippen LogP contribution is -2.13. The lowest BCUT2D eigenvalue weighted by molar-refractivity contribution is -0.118. The maximum absolute atomic E-state index is 11.0. The molecule has 2 rings (SSSR count). The normalized spacial score (nSPS) is 18.8. The minimum Gasteiger partial charge on any atom is -0.295 e. The molecule has 1 aliphatic carbocycles. The van der Waals surface area contributed by atoms with Crippen LogP contribution in [-0.4, -0.2) is 5.78 Å². The van der Waals surface area contributed by atoms with Gasteiger partial charge in [0.2, 0.25) is 0 Å². The van der Waals surface area contributed by atoms with Crippen LogP contribution in [0.25, 0.3) is 6.08 Å². The topological polar surface area (TPSA) is 17.1 Å². The number of hydrogen-bond donors (Lipinski definition) is 0. The van der Waals surface area contributed by atoms with E-state index in [-0.39, 0.29) is 5.78 Å². The van der Waals surface area contributed by atoms with Crippen LogP contribution in [0.1, 0.15) is 18.4 Å². The summed E-state index contributed by atoms with van der Waals surface area (Å²) in [6.45, 7) is 0. The van der Waals surface area contributed by atoms with Crippen LogP contribution in [0.5, 0.6) is 0 Å². The third-order valence-corrected chi connectivity index (χ3v) is 2.44. The third-order valence-electron chi connectivity index (χ3n) is 2.19. The Balaban J connectivity index is 2.22. The molecule has 1 aromatic carbocycles. The average Bonchev–Trinajstić information content (AvgIpc) is 2.15. The van der Waals surface area contributed by atoms with Gasteiger partial charge in [-0.2, -0.15) is 0 Å². The lowest BCUT2D eigenvalue weighted by atomic mass is 9.89. The summed E-state index contributed by atoms with van der Waals surface area (Å²) in [5.41, 5.74) is 1.98. The lowest BCUT2D eigenvalue weighted by Gasteiger charge is -2.14. The van der Waals surface area contributed by atoms with Crippen molar-refractivity contribution in [2.75, 3.05) is 0 Å². The Kier molecular flexibility index (Phi) is 2.19. The smallest absolute Gasteiger partial charge is 0.159 e. The summed E-state index contributed by atoms with van der Waals surface area (Å²) < 4.78 is 0. The van der Waals surface area contributed by atoms with Gasteiger partial charge in [-0.15, -0.1) is 0 Å². The number of Topliss-reactive ketones (excluding diaryl/α,β-unsaturated/α-hetero) is 1. The predicted molar refractivity (Wildman–Crippen MR) is 53.7 cm³/mol. The molecule has 0 aromatic heterocycles. The predicted octanol–water partition coefficient (Wildman–Crippen LogP) is 3.09. The maximum Gasteiger partial charge on any atom is 0.159 e. The first-order valence-corrected chi connectivity index (χ1v) is 4.63. The molecule has 0 amide bonds. The molecule has 0 aliphatic heterocycles. The zero-order chi connectivity index (χ0) is 9.26. The molecule has 1 fully saturated rings. The van der Waals surface area contributed by atoms with Crippen molar-refractivity contribution in [2.24, 2.45) is 0 Å². The van der Waals surface area contributed by atoms with Crippen LogP contribution in [0.3, 0.4) is 0 Å². The molecule has 1 aromatic rings. The third kappa shape index (κ3) is 1.81. The molecule has 1 saturated carbocycles. The zero-order valence-corrected chi connectivity index (χ0v) is 7.84. The number of carbonyl (C=O) groups excluding carboxylic acids is 1. The Morgan fingerprint density at radius 1 is 1.15 bits per heavy atom. The molecule has 2 heteroatoms. The molecule has 0 saturated heterocycles. The van der Waals surface area contributed by atoms with Gasteiger partial charge in [0.25, 0.3) is 0 Å². The Labute approximate surface area is 82.0 Å². The molecular formula is C11H9ClO. The van der Waals surface area contributed by atoms with E-state index in [9.17, 15) is 4.79 Å². The molecule has 0 radical (unpaired) electrons. The summed E-state index contributed by atoms with van der Waals surface area (Å²) in [6, 6.07) is 7.50. The summed E-state index contributed by atoms with van der Waals surface area (Å²) in [5.74, 6) is 0.273. The second-order valence-electron chi connectivity index (χ2n) is 3.14. The van der Waals surface area contributed by atoms with Crippen molar-refractivity contribution >= 4 is 23.5 Å². The van der Waals surface area contributed by atoms with Crippen LogP contribution in [0.4, 0.5) is 0 Å². The van der Waals surface area contributed by atoms with E-state index in [4.69, 9.17) is 11.6 Å². The number of ketones is 1. The molecule has 13 heavy (non-hydrogen) atoms. The molecule has 1 aliphatic rings. The van der Waals surface area contributed by atoms with Gasteiger partial charge in [-0.25, -0.2) is 0 Å². The van der Waals surface area contributed by atoms with Gasteiger partial charge >= 0.3 is 0 Å². The van der Waals surface area contributed by atoms with E-state index in [2.05, 4.69) is 0 Å². The minimum atomic E-state index is 0.273. The van der Waals surface area contributed by atoms with Gasteiger partial charge in [-0.05, 0) is 35.8 Å². The molecule has 0 spiro atoms. The minimum absolute atomic E-state index is 0.273. The van der Waals surface area contributed by atoms with Crippen LogP contribution in [0.2, 0.25) is 5.02 Å². The van der Waals surface area contributed by atoms with Gasteiger partial charge in [0.1, 0.15) is 0 Å². The fourth-order valence-corrected chi connectivity index (χ4v) is 1.41. The van der Waals surface area contributed by atoms with Crippen LogP contribution < -0.4 is 0 Å². The van der Waals surface area contributed by atoms with Gasteiger partial charge in [-0.1, -0.05) is 23.7 Å². The molecular weight excluding hydrogens is 184 g/mol. The van der Waals surface area contributed by atoms with E-state index in [1.54, 1.807) is 0 Å². The summed E-state index contributed by atoms with van der Waals surface area (Å²) in [5, 5.41) is 0.724. The summed E-state index contributed by atoms with van der Waals surface area (Å²) in [6.07, 6.45) is 3.56. The fourth-order valence-electron chi connectivity index (χ4n) is 1.28. The van der Waals surface area contributed by atoms with E-state index in [0.29, 0.717) is 6.42 Å². The second kappa shape index (κ2) is 3.35. The highest BCUT2D eigenvalue weighted by atomic mass is 35.5. The SMILES string of the molecule is O=C1CC/C1=C/c1ccc(Cl)cc1. The van der Waals surface area contributed by atoms with Crippen molar-refractivity contribution in [3.8, 4) is 0 Å². The van der Waals surface area contributed by atoms with Gasteiger partial charge in [0, 0.05) is 11.4 Å². The standard InChI is InChI=1S/C11H9ClO/c12-10-4-1-8(2-5-10)7-9-3-6-11(9)13/h1-2,4-5,7H,3,6H2/b9-7-. The van der Waals surface area contributed by atoms with Crippen molar-refractivity contribution in [1.82, 2.24) is 0 Å². The number of rotatable bonds is 1. The second-order valence-corrected chi connectivity index (χ2v) is 3.58. The Morgan fingerprint density at radius 2 is 1.85 bits per heavy atom. The Hall–Kier alpha value is -1.08. The first kappa shape index (κ1) is 8.52. The molecule has 0 heterocycles. The number of hydrogen-bond acceptors (Lipinski definition) is 1. The summed E-state index contributed by atoms with van der Waals surface area (Å²) >= 11 is 5.74. The highest BCUT2D eigenvalue weighted by Gasteiger charge is 2.19. The van der Waals surface area contributed by atoms with Crippen LogP contribution in [-0.2, 0) is 4.79 Å². The Bertz CT molecular complexity index is 362. The van der Waals surface area contributed by atoms with E-state index < -0.39 is 0 Å². The molecule has 66 valence electrons. The Morgan fingerprint density at radius 3 is 2.31 bits per heavy atom. The van der Waals surface area contributed by atoms with Gasteiger partial charge in [-0.3, -0.25) is 4.79 Å². The quantitative estimate of drug-likeness (QED) is 0.625. The van der Waals surface area contributed by atoms with E-state index in [1.807, 2.05) is 30.3 Å². The molecule has 0 bridgehead atoms. The van der Waals surface area contributed by atoms with E-state index >= 15 is 0 Å². The fraction of sp³-hybridized carbons (Fsp3) is 0.182. The van der Waals surface area contributed by atoms with Crippen molar-refractivity contribution in [1.29, 1.82) is 0 Å². The summed E-state index contributed by atoms with van der Waals surface area (Å²) in [4.78, 5) is 11.0. The number of halogens is 1. The highest BCUT2D eigenvalue weighted by Crippen LogP contribution is 2.24. The van der Waals surface area contributed by atoms with Crippen molar-refractivity contribution < 1.29 is 4.79 Å². The molecule has 0 atom stereocenters. The van der Waals surface area contributed by atoms with Crippen molar-refractivity contribution in [3.63, 3.8) is 0 Å². The molecule has 0 N–H and O–H groups in total. The first-order valence-electron chi connectivity index (χ1n) is 4.25. The van der Waals surface area contributed by atoms with Gasteiger partial charge in [0.05, 0.1) is 0 Å². The number of benzene rings is 1. The van der Waals surface area contributed by atoms with Gasteiger partial charge in [0.15, 0.2) is 5.78 Å². The number of carbonyl (C=O) groups is 1. The molecule has 1 nitrogen and oxygen atoms in total.